The lowest BCUT2D eigenvalue weighted by Gasteiger charge is -2.07. The summed E-state index contributed by atoms with van der Waals surface area (Å²) in [6.45, 7) is 4.00. The number of methoxy groups -OCH3 is 2. The Morgan fingerprint density at radius 3 is 1.37 bits per heavy atom. The van der Waals surface area contributed by atoms with Gasteiger partial charge in [0, 0.05) is 0 Å². The summed E-state index contributed by atoms with van der Waals surface area (Å²) in [5.74, 6) is 1.60. The summed E-state index contributed by atoms with van der Waals surface area (Å²) in [4.78, 5) is 12.2. The van der Waals surface area contributed by atoms with Crippen molar-refractivity contribution >= 4 is 5.97 Å². The van der Waals surface area contributed by atoms with Gasteiger partial charge in [-0.05, 0) is 59.7 Å². The molecule has 0 unspecified atom stereocenters. The van der Waals surface area contributed by atoms with Crippen LogP contribution >= 0.6 is 0 Å². The van der Waals surface area contributed by atoms with Gasteiger partial charge in [-0.1, -0.05) is 38.1 Å². The van der Waals surface area contributed by atoms with Crippen molar-refractivity contribution in [1.29, 1.82) is 0 Å². The van der Waals surface area contributed by atoms with Crippen molar-refractivity contribution in [3.63, 3.8) is 0 Å². The lowest BCUT2D eigenvalue weighted by Crippen LogP contribution is -2.08. The lowest BCUT2D eigenvalue weighted by molar-refractivity contribution is 0.0734. The van der Waals surface area contributed by atoms with Crippen LogP contribution in [-0.2, 0) is 0 Å². The van der Waals surface area contributed by atoms with Crippen molar-refractivity contribution in [2.45, 2.75) is 13.8 Å². The summed E-state index contributed by atoms with van der Waals surface area (Å²) < 4.78 is 15.6. The molecular formula is C23H24O4. The summed E-state index contributed by atoms with van der Waals surface area (Å²) in [6, 6.07) is 22.0. The topological polar surface area (TPSA) is 44.8 Å². The molecule has 27 heavy (non-hydrogen) atoms. The molecule has 0 saturated carbocycles. The summed E-state index contributed by atoms with van der Waals surface area (Å²) in [5, 5.41) is 0. The average Bonchev–Trinajstić information content (AvgIpc) is 2.76. The molecule has 4 nitrogen and oxygen atoms in total. The van der Waals surface area contributed by atoms with Gasteiger partial charge in [0.25, 0.3) is 0 Å². The van der Waals surface area contributed by atoms with E-state index in [1.165, 1.54) is 0 Å². The number of benzene rings is 3. The second kappa shape index (κ2) is 10.0. The van der Waals surface area contributed by atoms with E-state index in [1.54, 1.807) is 50.6 Å². The van der Waals surface area contributed by atoms with Crippen molar-refractivity contribution in [3.8, 4) is 28.4 Å². The predicted molar refractivity (Wildman–Crippen MR) is 108 cm³/mol. The molecule has 0 fully saturated rings. The third-order valence-electron chi connectivity index (χ3n) is 3.81. The minimum absolute atomic E-state index is 0.403. The maximum absolute atomic E-state index is 12.2. The number of ether oxygens (including phenoxy) is 3. The molecule has 0 atom stereocenters. The molecule has 3 aromatic rings. The number of carbonyl (C=O) groups excluding carboxylic acids is 1. The van der Waals surface area contributed by atoms with Crippen molar-refractivity contribution in [2.24, 2.45) is 0 Å². The highest BCUT2D eigenvalue weighted by Crippen LogP contribution is 2.25. The van der Waals surface area contributed by atoms with E-state index in [0.717, 1.165) is 16.9 Å². The third kappa shape index (κ3) is 5.35. The molecule has 0 spiro atoms. The van der Waals surface area contributed by atoms with Crippen molar-refractivity contribution in [1.82, 2.24) is 0 Å². The quantitative estimate of drug-likeness (QED) is 0.436. The highest BCUT2D eigenvalue weighted by Gasteiger charge is 2.09. The zero-order valence-corrected chi connectivity index (χ0v) is 16.1. The Labute approximate surface area is 160 Å². The van der Waals surface area contributed by atoms with E-state index < -0.39 is 5.97 Å². The minimum Gasteiger partial charge on any atom is -0.497 e. The molecule has 0 amide bonds. The van der Waals surface area contributed by atoms with Gasteiger partial charge in [-0.2, -0.15) is 0 Å². The molecule has 140 valence electrons. The van der Waals surface area contributed by atoms with Crippen LogP contribution in [0, 0.1) is 0 Å². The van der Waals surface area contributed by atoms with E-state index in [1.807, 2.05) is 50.2 Å². The molecule has 3 aromatic carbocycles. The fraction of sp³-hybridized carbons (Fsp3) is 0.174. The van der Waals surface area contributed by atoms with Gasteiger partial charge in [0.1, 0.15) is 17.2 Å². The van der Waals surface area contributed by atoms with Gasteiger partial charge in [0.2, 0.25) is 0 Å². The molecule has 0 radical (unpaired) electrons. The van der Waals surface area contributed by atoms with Crippen LogP contribution in [0.3, 0.4) is 0 Å². The maximum atomic E-state index is 12.2. The van der Waals surface area contributed by atoms with Crippen LogP contribution in [0.5, 0.6) is 17.2 Å². The van der Waals surface area contributed by atoms with Gasteiger partial charge in [-0.25, -0.2) is 4.79 Å². The van der Waals surface area contributed by atoms with Crippen LogP contribution in [0.15, 0.2) is 72.8 Å². The van der Waals surface area contributed by atoms with Gasteiger partial charge in [-0.3, -0.25) is 0 Å². The Kier molecular flexibility index (Phi) is 7.44. The molecule has 0 aromatic heterocycles. The Balaban J connectivity index is 0.00000126. The van der Waals surface area contributed by atoms with Gasteiger partial charge in [-0.15, -0.1) is 0 Å². The second-order valence-corrected chi connectivity index (χ2v) is 5.37. The summed E-state index contributed by atoms with van der Waals surface area (Å²) in [5.41, 5.74) is 2.57. The molecule has 0 saturated heterocycles. The smallest absolute Gasteiger partial charge is 0.343 e. The molecule has 0 aliphatic carbocycles. The third-order valence-corrected chi connectivity index (χ3v) is 3.81. The van der Waals surface area contributed by atoms with Gasteiger partial charge in [0.15, 0.2) is 0 Å². The molecule has 3 rings (SSSR count). The first-order chi connectivity index (χ1) is 13.2. The number of esters is 1. The zero-order chi connectivity index (χ0) is 19.6. The first-order valence-corrected chi connectivity index (χ1v) is 8.80. The summed E-state index contributed by atoms with van der Waals surface area (Å²) in [6.07, 6.45) is 0. The monoisotopic (exact) mass is 364 g/mol. The normalized spacial score (nSPS) is 9.63. The number of hydrogen-bond donors (Lipinski definition) is 0. The Morgan fingerprint density at radius 1 is 0.593 bits per heavy atom. The van der Waals surface area contributed by atoms with Crippen LogP contribution in [0.25, 0.3) is 11.1 Å². The van der Waals surface area contributed by atoms with E-state index in [9.17, 15) is 4.79 Å². The van der Waals surface area contributed by atoms with Gasteiger partial charge >= 0.3 is 5.97 Å². The summed E-state index contributed by atoms with van der Waals surface area (Å²) in [7, 11) is 3.22. The molecular weight excluding hydrogens is 340 g/mol. The predicted octanol–water partition coefficient (Wildman–Crippen LogP) is 5.62. The second-order valence-electron chi connectivity index (χ2n) is 5.37. The van der Waals surface area contributed by atoms with Crippen LogP contribution in [0.4, 0.5) is 0 Å². The number of rotatable bonds is 5. The minimum atomic E-state index is -0.403. The van der Waals surface area contributed by atoms with Gasteiger partial charge < -0.3 is 14.2 Å². The Morgan fingerprint density at radius 2 is 0.963 bits per heavy atom. The summed E-state index contributed by atoms with van der Waals surface area (Å²) >= 11 is 0. The van der Waals surface area contributed by atoms with Crippen molar-refractivity contribution < 1.29 is 19.0 Å². The number of carbonyl (C=O) groups is 1. The van der Waals surface area contributed by atoms with Crippen LogP contribution in [0.1, 0.15) is 24.2 Å². The van der Waals surface area contributed by atoms with E-state index in [-0.39, 0.29) is 0 Å². The van der Waals surface area contributed by atoms with Crippen molar-refractivity contribution in [2.75, 3.05) is 14.2 Å². The zero-order valence-electron chi connectivity index (χ0n) is 16.1. The molecule has 0 bridgehead atoms. The first kappa shape index (κ1) is 20.0. The molecule has 0 heterocycles. The Bertz CT molecular complexity index is 835. The molecule has 0 aliphatic rings. The highest BCUT2D eigenvalue weighted by atomic mass is 16.5. The van der Waals surface area contributed by atoms with E-state index >= 15 is 0 Å². The highest BCUT2D eigenvalue weighted by molar-refractivity contribution is 5.91. The molecule has 0 aliphatic heterocycles. The standard InChI is InChI=1S/C21H18O4.C2H6/c1-23-18-9-3-15(4-10-18)16-5-13-20(14-6-16)25-21(22)17-7-11-19(24-2)12-8-17;1-2/h3-14H,1-2H3;1-2H3. The van der Waals surface area contributed by atoms with Crippen LogP contribution < -0.4 is 14.2 Å². The largest absolute Gasteiger partial charge is 0.497 e. The van der Waals surface area contributed by atoms with E-state index in [4.69, 9.17) is 14.2 Å². The molecule has 4 heteroatoms. The number of hydrogen-bond acceptors (Lipinski definition) is 4. The first-order valence-electron chi connectivity index (χ1n) is 8.80. The van der Waals surface area contributed by atoms with Crippen LogP contribution in [-0.4, -0.2) is 20.2 Å². The fourth-order valence-electron chi connectivity index (χ4n) is 2.39. The van der Waals surface area contributed by atoms with Crippen molar-refractivity contribution in [3.05, 3.63) is 78.4 Å². The van der Waals surface area contributed by atoms with Crippen LogP contribution in [0.2, 0.25) is 0 Å². The Hall–Kier alpha value is -3.27. The average molecular weight is 364 g/mol. The lowest BCUT2D eigenvalue weighted by atomic mass is 10.1. The SMILES string of the molecule is CC.COc1ccc(C(=O)Oc2ccc(-c3ccc(OC)cc3)cc2)cc1. The maximum Gasteiger partial charge on any atom is 0.343 e. The van der Waals surface area contributed by atoms with Gasteiger partial charge in [0.05, 0.1) is 19.8 Å². The van der Waals surface area contributed by atoms with E-state index in [2.05, 4.69) is 0 Å². The fourth-order valence-corrected chi connectivity index (χ4v) is 2.39. The molecule has 0 N–H and O–H groups in total. The van der Waals surface area contributed by atoms with E-state index in [0.29, 0.717) is 17.1 Å².